The summed E-state index contributed by atoms with van der Waals surface area (Å²) in [6, 6.07) is 6.39. The zero-order valence-corrected chi connectivity index (χ0v) is 7.63. The first-order valence-corrected chi connectivity index (χ1v) is 4.51. The number of ether oxygens (including phenoxy) is 1. The van der Waals surface area contributed by atoms with E-state index in [4.69, 9.17) is 4.74 Å². The van der Waals surface area contributed by atoms with E-state index >= 15 is 0 Å². The van der Waals surface area contributed by atoms with Crippen LogP contribution in [0.2, 0.25) is 0 Å². The van der Waals surface area contributed by atoms with Crippen LogP contribution in [0.5, 0.6) is 5.75 Å². The number of benzene rings is 1. The number of hydrogen-bond acceptors (Lipinski definition) is 1. The standard InChI is InChI=1S/C11H14O/c1-8-6-7-12-11-9(2)4-3-5-10(8)11/h3-5,8H,6-7H2,1-2H3/t8-/m1/s1. The Morgan fingerprint density at radius 2 is 2.25 bits per heavy atom. The van der Waals surface area contributed by atoms with Crippen LogP contribution in [0, 0.1) is 6.92 Å². The molecular weight excluding hydrogens is 148 g/mol. The third kappa shape index (κ3) is 1.09. The van der Waals surface area contributed by atoms with Gasteiger partial charge in [0.05, 0.1) is 6.61 Å². The predicted octanol–water partition coefficient (Wildman–Crippen LogP) is 2.88. The lowest BCUT2D eigenvalue weighted by atomic mass is 9.93. The fourth-order valence-corrected chi connectivity index (χ4v) is 1.75. The summed E-state index contributed by atoms with van der Waals surface area (Å²) < 4.78 is 5.62. The smallest absolute Gasteiger partial charge is 0.125 e. The van der Waals surface area contributed by atoms with Crippen LogP contribution in [0.3, 0.4) is 0 Å². The molecule has 0 aromatic heterocycles. The minimum Gasteiger partial charge on any atom is -0.493 e. The van der Waals surface area contributed by atoms with Crippen molar-refractivity contribution in [1.29, 1.82) is 0 Å². The Morgan fingerprint density at radius 3 is 3.00 bits per heavy atom. The largest absolute Gasteiger partial charge is 0.493 e. The number of hydrogen-bond donors (Lipinski definition) is 0. The molecule has 1 nitrogen and oxygen atoms in total. The molecule has 1 atom stereocenters. The van der Waals surface area contributed by atoms with Gasteiger partial charge in [-0.05, 0) is 30.4 Å². The Labute approximate surface area is 73.4 Å². The molecule has 1 aromatic carbocycles. The monoisotopic (exact) mass is 162 g/mol. The van der Waals surface area contributed by atoms with Crippen molar-refractivity contribution in [2.45, 2.75) is 26.2 Å². The topological polar surface area (TPSA) is 9.23 Å². The van der Waals surface area contributed by atoms with Crippen LogP contribution in [0.4, 0.5) is 0 Å². The van der Waals surface area contributed by atoms with Gasteiger partial charge >= 0.3 is 0 Å². The van der Waals surface area contributed by atoms with Crippen molar-refractivity contribution >= 4 is 0 Å². The van der Waals surface area contributed by atoms with E-state index in [1.807, 2.05) is 0 Å². The fourth-order valence-electron chi connectivity index (χ4n) is 1.75. The molecular formula is C11H14O. The van der Waals surface area contributed by atoms with Crippen molar-refractivity contribution in [3.05, 3.63) is 29.3 Å². The van der Waals surface area contributed by atoms with Gasteiger partial charge in [0.25, 0.3) is 0 Å². The molecule has 12 heavy (non-hydrogen) atoms. The maximum absolute atomic E-state index is 5.62. The molecule has 1 aromatic rings. The molecule has 1 heterocycles. The molecule has 0 bridgehead atoms. The summed E-state index contributed by atoms with van der Waals surface area (Å²) >= 11 is 0. The molecule has 1 aliphatic heterocycles. The van der Waals surface area contributed by atoms with Gasteiger partial charge in [-0.25, -0.2) is 0 Å². The lowest BCUT2D eigenvalue weighted by Crippen LogP contribution is -2.12. The molecule has 0 spiro atoms. The molecule has 0 unspecified atom stereocenters. The Balaban J connectivity index is 2.52. The van der Waals surface area contributed by atoms with E-state index in [9.17, 15) is 0 Å². The normalized spacial score (nSPS) is 21.3. The summed E-state index contributed by atoms with van der Waals surface area (Å²) in [7, 11) is 0. The first kappa shape index (κ1) is 7.66. The lowest BCUT2D eigenvalue weighted by Gasteiger charge is -2.24. The van der Waals surface area contributed by atoms with Gasteiger partial charge in [0.15, 0.2) is 0 Å². The van der Waals surface area contributed by atoms with Gasteiger partial charge in [0.2, 0.25) is 0 Å². The second kappa shape index (κ2) is 2.81. The van der Waals surface area contributed by atoms with Crippen LogP contribution in [0.15, 0.2) is 18.2 Å². The van der Waals surface area contributed by atoms with E-state index in [-0.39, 0.29) is 0 Å². The average Bonchev–Trinajstić information content (AvgIpc) is 2.07. The molecule has 0 saturated carbocycles. The predicted molar refractivity (Wildman–Crippen MR) is 49.7 cm³/mol. The summed E-state index contributed by atoms with van der Waals surface area (Å²) in [5.74, 6) is 1.78. The number of fused-ring (bicyclic) bond motifs is 1. The van der Waals surface area contributed by atoms with E-state index in [1.165, 1.54) is 11.1 Å². The molecule has 0 amide bonds. The van der Waals surface area contributed by atoms with Gasteiger partial charge in [-0.15, -0.1) is 0 Å². The van der Waals surface area contributed by atoms with E-state index in [0.717, 1.165) is 18.8 Å². The van der Waals surface area contributed by atoms with Crippen LogP contribution in [-0.4, -0.2) is 6.61 Å². The van der Waals surface area contributed by atoms with Crippen molar-refractivity contribution in [1.82, 2.24) is 0 Å². The molecule has 0 aliphatic carbocycles. The van der Waals surface area contributed by atoms with Crippen LogP contribution in [0.1, 0.15) is 30.4 Å². The summed E-state index contributed by atoms with van der Waals surface area (Å²) in [5.41, 5.74) is 2.64. The van der Waals surface area contributed by atoms with Crippen LogP contribution in [-0.2, 0) is 0 Å². The minimum atomic E-state index is 0.661. The first-order valence-electron chi connectivity index (χ1n) is 4.51. The van der Waals surface area contributed by atoms with Crippen molar-refractivity contribution in [2.75, 3.05) is 6.61 Å². The minimum absolute atomic E-state index is 0.661. The highest BCUT2D eigenvalue weighted by atomic mass is 16.5. The van der Waals surface area contributed by atoms with Gasteiger partial charge < -0.3 is 4.74 Å². The van der Waals surface area contributed by atoms with E-state index in [2.05, 4.69) is 32.0 Å². The summed E-state index contributed by atoms with van der Waals surface area (Å²) in [4.78, 5) is 0. The highest BCUT2D eigenvalue weighted by Crippen LogP contribution is 2.35. The zero-order valence-electron chi connectivity index (χ0n) is 7.63. The molecule has 0 fully saturated rings. The second-order valence-corrected chi connectivity index (χ2v) is 3.53. The quantitative estimate of drug-likeness (QED) is 0.570. The molecule has 1 aliphatic rings. The molecule has 0 saturated heterocycles. The van der Waals surface area contributed by atoms with E-state index in [1.54, 1.807) is 0 Å². The van der Waals surface area contributed by atoms with Gasteiger partial charge in [-0.2, -0.15) is 0 Å². The van der Waals surface area contributed by atoms with Crippen LogP contribution >= 0.6 is 0 Å². The highest BCUT2D eigenvalue weighted by molar-refractivity contribution is 5.43. The highest BCUT2D eigenvalue weighted by Gasteiger charge is 2.17. The number of aryl methyl sites for hydroxylation is 1. The maximum atomic E-state index is 5.62. The van der Waals surface area contributed by atoms with Gasteiger partial charge in [0.1, 0.15) is 5.75 Å². The van der Waals surface area contributed by atoms with Crippen molar-refractivity contribution < 1.29 is 4.74 Å². The second-order valence-electron chi connectivity index (χ2n) is 3.53. The first-order chi connectivity index (χ1) is 5.79. The van der Waals surface area contributed by atoms with E-state index in [0.29, 0.717) is 5.92 Å². The van der Waals surface area contributed by atoms with E-state index < -0.39 is 0 Å². The summed E-state index contributed by atoms with van der Waals surface area (Å²) in [6.45, 7) is 5.25. The van der Waals surface area contributed by atoms with Crippen molar-refractivity contribution in [3.63, 3.8) is 0 Å². The third-order valence-electron chi connectivity index (χ3n) is 2.57. The Bertz CT molecular complexity index is 291. The Kier molecular flexibility index (Phi) is 1.80. The molecule has 0 N–H and O–H groups in total. The van der Waals surface area contributed by atoms with Gasteiger partial charge in [-0.3, -0.25) is 0 Å². The Morgan fingerprint density at radius 1 is 1.42 bits per heavy atom. The molecule has 1 heteroatoms. The zero-order chi connectivity index (χ0) is 8.55. The average molecular weight is 162 g/mol. The van der Waals surface area contributed by atoms with Crippen molar-refractivity contribution in [3.8, 4) is 5.75 Å². The van der Waals surface area contributed by atoms with Gasteiger partial charge in [-0.1, -0.05) is 25.1 Å². The van der Waals surface area contributed by atoms with Crippen molar-refractivity contribution in [2.24, 2.45) is 0 Å². The summed E-state index contributed by atoms with van der Waals surface area (Å²) in [6.07, 6.45) is 1.15. The molecule has 0 radical (unpaired) electrons. The number of rotatable bonds is 0. The molecule has 64 valence electrons. The summed E-state index contributed by atoms with van der Waals surface area (Å²) in [5, 5.41) is 0. The van der Waals surface area contributed by atoms with Crippen LogP contribution in [0.25, 0.3) is 0 Å². The maximum Gasteiger partial charge on any atom is 0.125 e. The Hall–Kier alpha value is -0.980. The molecule has 2 rings (SSSR count). The number of para-hydroxylation sites is 1. The SMILES string of the molecule is Cc1cccc2c1OCC[C@H]2C. The fraction of sp³-hybridized carbons (Fsp3) is 0.455. The van der Waals surface area contributed by atoms with Crippen LogP contribution < -0.4 is 4.74 Å². The third-order valence-corrected chi connectivity index (χ3v) is 2.57. The van der Waals surface area contributed by atoms with Gasteiger partial charge in [0, 0.05) is 0 Å². The lowest BCUT2D eigenvalue weighted by molar-refractivity contribution is 0.270.